The van der Waals surface area contributed by atoms with Crippen LogP contribution in [0.3, 0.4) is 0 Å². The maximum atomic E-state index is 12.3. The Morgan fingerprint density at radius 2 is 1.86 bits per heavy atom. The molecule has 1 aromatic carbocycles. The molecule has 0 aromatic heterocycles. The van der Waals surface area contributed by atoms with Gasteiger partial charge in [0.25, 0.3) is 0 Å². The molecule has 6 nitrogen and oxygen atoms in total. The van der Waals surface area contributed by atoms with E-state index >= 15 is 0 Å². The minimum atomic E-state index is -3.64. The van der Waals surface area contributed by atoms with Crippen molar-refractivity contribution in [2.45, 2.75) is 30.7 Å². The van der Waals surface area contributed by atoms with E-state index in [0.717, 1.165) is 12.8 Å². The lowest BCUT2D eigenvalue weighted by atomic mass is 9.94. The van der Waals surface area contributed by atoms with Crippen LogP contribution in [0.15, 0.2) is 29.2 Å². The van der Waals surface area contributed by atoms with Crippen molar-refractivity contribution in [3.05, 3.63) is 29.8 Å². The van der Waals surface area contributed by atoms with E-state index in [1.807, 2.05) is 6.92 Å². The molecule has 1 heterocycles. The molecule has 0 amide bonds. The molecule has 0 aliphatic carbocycles. The number of carbonyl (C=O) groups is 1. The third kappa shape index (κ3) is 4.03. The van der Waals surface area contributed by atoms with Gasteiger partial charge in [0, 0.05) is 19.3 Å². The number of sulfonamides is 1. The Morgan fingerprint density at radius 3 is 2.38 bits per heavy atom. The zero-order valence-electron chi connectivity index (χ0n) is 11.8. The zero-order valence-corrected chi connectivity index (χ0v) is 12.6. The van der Waals surface area contributed by atoms with Crippen LogP contribution in [0.25, 0.3) is 0 Å². The second-order valence-electron chi connectivity index (χ2n) is 5.19. The third-order valence-electron chi connectivity index (χ3n) is 3.73. The van der Waals surface area contributed by atoms with E-state index in [1.54, 1.807) is 0 Å². The minimum absolute atomic E-state index is 0.0615. The fourth-order valence-corrected chi connectivity index (χ4v) is 3.71. The first-order valence-corrected chi connectivity index (χ1v) is 8.32. The molecule has 1 saturated heterocycles. The molecule has 1 unspecified atom stereocenters. The molecule has 21 heavy (non-hydrogen) atoms. The molecule has 0 bridgehead atoms. The van der Waals surface area contributed by atoms with Crippen LogP contribution in [0.4, 0.5) is 0 Å². The second kappa shape index (κ2) is 6.55. The van der Waals surface area contributed by atoms with Crippen LogP contribution in [0, 0.1) is 5.92 Å². The molecule has 116 valence electrons. The number of hydrogen-bond acceptors (Lipinski definition) is 4. The van der Waals surface area contributed by atoms with Gasteiger partial charge in [0.1, 0.15) is 0 Å². The molecule has 1 atom stereocenters. The summed E-state index contributed by atoms with van der Waals surface area (Å²) in [6.45, 7) is 3.16. The maximum Gasteiger partial charge on any atom is 0.335 e. The first-order chi connectivity index (χ1) is 9.90. The number of hydrogen-bond donors (Lipinski definition) is 2. The lowest BCUT2D eigenvalue weighted by molar-refractivity contribution is 0.0585. The first kappa shape index (κ1) is 15.9. The van der Waals surface area contributed by atoms with Gasteiger partial charge in [-0.2, -0.15) is 0 Å². The van der Waals surface area contributed by atoms with Gasteiger partial charge in [0.15, 0.2) is 0 Å². The van der Waals surface area contributed by atoms with Crippen LogP contribution < -0.4 is 4.72 Å². The molecule has 1 fully saturated rings. The molecule has 0 saturated carbocycles. The molecule has 7 heteroatoms. The van der Waals surface area contributed by atoms with E-state index in [1.165, 1.54) is 24.3 Å². The molecule has 2 rings (SSSR count). The van der Waals surface area contributed by atoms with Crippen molar-refractivity contribution in [3.63, 3.8) is 0 Å². The Bertz CT molecular complexity index is 590. The van der Waals surface area contributed by atoms with E-state index < -0.39 is 16.0 Å². The van der Waals surface area contributed by atoms with E-state index in [4.69, 9.17) is 9.84 Å². The normalized spacial score (nSPS) is 18.3. The summed E-state index contributed by atoms with van der Waals surface area (Å²) in [5, 5.41) is 8.82. The van der Waals surface area contributed by atoms with Crippen LogP contribution >= 0.6 is 0 Å². The monoisotopic (exact) mass is 313 g/mol. The van der Waals surface area contributed by atoms with Gasteiger partial charge in [-0.05, 0) is 49.9 Å². The summed E-state index contributed by atoms with van der Waals surface area (Å²) in [4.78, 5) is 10.8. The zero-order chi connectivity index (χ0) is 15.5. The lowest BCUT2D eigenvalue weighted by Crippen LogP contribution is -2.40. The standard InChI is InChI=1S/C14H19NO5S/c1-10(11-6-8-20-9-7-11)15-21(18,19)13-4-2-12(3-5-13)14(16)17/h2-5,10-11,15H,6-9H2,1H3,(H,16,17). The Hall–Kier alpha value is -1.44. The van der Waals surface area contributed by atoms with Crippen molar-refractivity contribution in [2.75, 3.05) is 13.2 Å². The van der Waals surface area contributed by atoms with Gasteiger partial charge in [-0.25, -0.2) is 17.9 Å². The minimum Gasteiger partial charge on any atom is -0.478 e. The molecular weight excluding hydrogens is 294 g/mol. The Morgan fingerprint density at radius 1 is 1.29 bits per heavy atom. The molecule has 1 aliphatic heterocycles. The van der Waals surface area contributed by atoms with Crippen LogP contribution in [0.1, 0.15) is 30.1 Å². The van der Waals surface area contributed by atoms with Gasteiger partial charge in [0.05, 0.1) is 10.5 Å². The van der Waals surface area contributed by atoms with E-state index in [-0.39, 0.29) is 22.4 Å². The fraction of sp³-hybridized carbons (Fsp3) is 0.500. The molecule has 1 aliphatic rings. The number of nitrogens with one attached hydrogen (secondary N) is 1. The smallest absolute Gasteiger partial charge is 0.335 e. The predicted octanol–water partition coefficient (Wildman–Crippen LogP) is 1.48. The highest BCUT2D eigenvalue weighted by molar-refractivity contribution is 7.89. The van der Waals surface area contributed by atoms with E-state index in [2.05, 4.69) is 4.72 Å². The Labute approximate surface area is 124 Å². The van der Waals surface area contributed by atoms with E-state index in [0.29, 0.717) is 13.2 Å². The van der Waals surface area contributed by atoms with Crippen LogP contribution in [0.2, 0.25) is 0 Å². The molecule has 1 aromatic rings. The van der Waals surface area contributed by atoms with Gasteiger partial charge in [-0.1, -0.05) is 0 Å². The number of carboxylic acids is 1. The van der Waals surface area contributed by atoms with Gasteiger partial charge >= 0.3 is 5.97 Å². The summed E-state index contributed by atoms with van der Waals surface area (Å²) in [5.41, 5.74) is 0.0615. The van der Waals surface area contributed by atoms with Crippen molar-refractivity contribution >= 4 is 16.0 Å². The number of ether oxygens (including phenoxy) is 1. The number of rotatable bonds is 5. The number of benzene rings is 1. The molecule has 2 N–H and O–H groups in total. The molecular formula is C14H19NO5S. The highest BCUT2D eigenvalue weighted by atomic mass is 32.2. The lowest BCUT2D eigenvalue weighted by Gasteiger charge is -2.28. The van der Waals surface area contributed by atoms with Gasteiger partial charge in [-0.3, -0.25) is 0 Å². The third-order valence-corrected chi connectivity index (χ3v) is 5.30. The molecule has 0 spiro atoms. The Kier molecular flexibility index (Phi) is 4.97. The number of carboxylic acid groups (broad SMARTS) is 1. The summed E-state index contributed by atoms with van der Waals surface area (Å²) in [5.74, 6) is -0.825. The largest absolute Gasteiger partial charge is 0.478 e. The SMILES string of the molecule is CC(NS(=O)(=O)c1ccc(C(=O)O)cc1)C1CCOCC1. The van der Waals surface area contributed by atoms with Crippen molar-refractivity contribution < 1.29 is 23.1 Å². The molecule has 0 radical (unpaired) electrons. The summed E-state index contributed by atoms with van der Waals surface area (Å²) in [7, 11) is -3.64. The van der Waals surface area contributed by atoms with Gasteiger partial charge < -0.3 is 9.84 Å². The van der Waals surface area contributed by atoms with Crippen molar-refractivity contribution in [2.24, 2.45) is 5.92 Å². The van der Waals surface area contributed by atoms with Crippen molar-refractivity contribution in [1.82, 2.24) is 4.72 Å². The predicted molar refractivity (Wildman–Crippen MR) is 76.7 cm³/mol. The highest BCUT2D eigenvalue weighted by Gasteiger charge is 2.25. The summed E-state index contributed by atoms with van der Waals surface area (Å²) < 4.78 is 32.5. The van der Waals surface area contributed by atoms with Gasteiger partial charge in [-0.15, -0.1) is 0 Å². The summed E-state index contributed by atoms with van der Waals surface area (Å²) >= 11 is 0. The maximum absolute atomic E-state index is 12.3. The quantitative estimate of drug-likeness (QED) is 0.859. The van der Waals surface area contributed by atoms with Gasteiger partial charge in [0.2, 0.25) is 10.0 Å². The topological polar surface area (TPSA) is 92.7 Å². The number of aromatic carboxylic acids is 1. The van der Waals surface area contributed by atoms with Crippen LogP contribution in [0.5, 0.6) is 0 Å². The second-order valence-corrected chi connectivity index (χ2v) is 6.90. The first-order valence-electron chi connectivity index (χ1n) is 6.83. The highest BCUT2D eigenvalue weighted by Crippen LogP contribution is 2.20. The summed E-state index contributed by atoms with van der Waals surface area (Å²) in [6.07, 6.45) is 1.67. The van der Waals surface area contributed by atoms with Crippen molar-refractivity contribution in [1.29, 1.82) is 0 Å². The van der Waals surface area contributed by atoms with Crippen molar-refractivity contribution in [3.8, 4) is 0 Å². The van der Waals surface area contributed by atoms with Crippen LogP contribution in [-0.2, 0) is 14.8 Å². The average Bonchev–Trinajstić information content (AvgIpc) is 2.48. The Balaban J connectivity index is 2.08. The fourth-order valence-electron chi connectivity index (χ4n) is 2.40. The van der Waals surface area contributed by atoms with Crippen LogP contribution in [-0.4, -0.2) is 38.7 Å². The summed E-state index contributed by atoms with van der Waals surface area (Å²) in [6, 6.07) is 5.01. The van der Waals surface area contributed by atoms with E-state index in [9.17, 15) is 13.2 Å². The average molecular weight is 313 g/mol.